The minimum Gasteiger partial charge on any atom is -0.852 e. The largest absolute Gasteiger partial charge is 0.852 e. The maximum Gasteiger partial charge on any atom is 0.0726 e. The van der Waals surface area contributed by atoms with Gasteiger partial charge in [-0.2, -0.15) is 0 Å². The molecule has 0 heterocycles. The number of hydrogen-bond donors (Lipinski definition) is 1. The summed E-state index contributed by atoms with van der Waals surface area (Å²) >= 11 is 0. The van der Waals surface area contributed by atoms with E-state index >= 15 is 0 Å². The van der Waals surface area contributed by atoms with E-state index in [0.717, 1.165) is 0 Å². The van der Waals surface area contributed by atoms with E-state index in [1.54, 1.807) is 13.8 Å². The zero-order valence-electron chi connectivity index (χ0n) is 6.98. The molecule has 0 unspecified atom stereocenters. The van der Waals surface area contributed by atoms with Crippen LogP contribution in [0.1, 0.15) is 27.7 Å². The van der Waals surface area contributed by atoms with E-state index in [1.165, 1.54) is 13.1 Å². The standard InChI is InChI=1S/C4H11N.C3H7O/c1-3-5-4-2;1-3(2)4/h5H,3-4H2,1-2H3;3H,1-2H3/q;-1/p+1. The second-order valence-electron chi connectivity index (χ2n) is 2.15. The van der Waals surface area contributed by atoms with Crippen molar-refractivity contribution in [1.29, 1.82) is 0 Å². The first-order valence-electron chi connectivity index (χ1n) is 3.62. The molecule has 2 nitrogen and oxygen atoms in total. The van der Waals surface area contributed by atoms with Crippen molar-refractivity contribution in [2.45, 2.75) is 33.8 Å². The molecule has 0 saturated carbocycles. The summed E-state index contributed by atoms with van der Waals surface area (Å²) in [6.45, 7) is 9.97. The Bertz CT molecular complexity index is 33.1. The Morgan fingerprint density at radius 1 is 1.22 bits per heavy atom. The van der Waals surface area contributed by atoms with Crippen LogP contribution in [0.25, 0.3) is 0 Å². The van der Waals surface area contributed by atoms with Crippen LogP contribution in [0.4, 0.5) is 0 Å². The SMILES string of the molecule is CC(C)[O-].CC[NH2+]CC. The van der Waals surface area contributed by atoms with Gasteiger partial charge >= 0.3 is 0 Å². The predicted octanol–water partition coefficient (Wildman–Crippen LogP) is -0.655. The zero-order valence-corrected chi connectivity index (χ0v) is 6.98. The average molecular weight is 133 g/mol. The summed E-state index contributed by atoms with van der Waals surface area (Å²) in [6.07, 6.45) is -0.417. The summed E-state index contributed by atoms with van der Waals surface area (Å²) < 4.78 is 0. The molecule has 0 rings (SSSR count). The lowest BCUT2D eigenvalue weighted by atomic mass is 10.5. The maximum absolute atomic E-state index is 9.53. The highest BCUT2D eigenvalue weighted by atomic mass is 16.3. The molecule has 0 spiro atoms. The third-order valence-corrected chi connectivity index (χ3v) is 0.577. The Hall–Kier alpha value is -0.0800. The van der Waals surface area contributed by atoms with E-state index in [0.29, 0.717) is 0 Å². The van der Waals surface area contributed by atoms with E-state index in [1.807, 2.05) is 0 Å². The molecule has 0 aliphatic rings. The lowest BCUT2D eigenvalue weighted by Gasteiger charge is -2.02. The summed E-state index contributed by atoms with van der Waals surface area (Å²) in [4.78, 5) is 0. The molecule has 2 heteroatoms. The van der Waals surface area contributed by atoms with Crippen molar-refractivity contribution in [1.82, 2.24) is 0 Å². The molecule has 0 radical (unpaired) electrons. The molecule has 0 saturated heterocycles. The predicted molar refractivity (Wildman–Crippen MR) is 38.1 cm³/mol. The van der Waals surface area contributed by atoms with Gasteiger partial charge in [-0.3, -0.25) is 0 Å². The van der Waals surface area contributed by atoms with Crippen molar-refractivity contribution in [3.05, 3.63) is 0 Å². The highest BCUT2D eigenvalue weighted by Gasteiger charge is 1.67. The van der Waals surface area contributed by atoms with Crippen LogP contribution < -0.4 is 10.4 Å². The fraction of sp³-hybridized carbons (Fsp3) is 1.00. The molecule has 0 aromatic heterocycles. The minimum atomic E-state index is -0.417. The fourth-order valence-corrected chi connectivity index (χ4v) is 0.289. The molecule has 0 amide bonds. The Labute approximate surface area is 58.3 Å². The van der Waals surface area contributed by atoms with Crippen LogP contribution in [-0.2, 0) is 0 Å². The fourth-order valence-electron chi connectivity index (χ4n) is 0.289. The average Bonchev–Trinajstić information content (AvgIpc) is 1.66. The third-order valence-electron chi connectivity index (χ3n) is 0.577. The molecular weight excluding hydrogens is 114 g/mol. The molecule has 2 N–H and O–H groups in total. The van der Waals surface area contributed by atoms with Gasteiger partial charge in [0.1, 0.15) is 0 Å². The van der Waals surface area contributed by atoms with E-state index in [4.69, 9.17) is 0 Å². The molecule has 0 aromatic carbocycles. The van der Waals surface area contributed by atoms with Gasteiger partial charge in [-0.1, -0.05) is 13.8 Å². The quantitative estimate of drug-likeness (QED) is 0.534. The third kappa shape index (κ3) is 75.3. The van der Waals surface area contributed by atoms with E-state index in [2.05, 4.69) is 19.2 Å². The van der Waals surface area contributed by atoms with Crippen LogP contribution in [0.3, 0.4) is 0 Å². The summed E-state index contributed by atoms with van der Waals surface area (Å²) in [5, 5.41) is 11.8. The summed E-state index contributed by atoms with van der Waals surface area (Å²) in [6, 6.07) is 0. The van der Waals surface area contributed by atoms with Gasteiger partial charge in [-0.25, -0.2) is 0 Å². The van der Waals surface area contributed by atoms with Gasteiger partial charge in [0.05, 0.1) is 13.1 Å². The first-order valence-corrected chi connectivity index (χ1v) is 3.62. The monoisotopic (exact) mass is 133 g/mol. The first kappa shape index (κ1) is 11.7. The second-order valence-corrected chi connectivity index (χ2v) is 2.15. The van der Waals surface area contributed by atoms with E-state index < -0.39 is 6.10 Å². The van der Waals surface area contributed by atoms with E-state index in [9.17, 15) is 5.11 Å². The van der Waals surface area contributed by atoms with Gasteiger partial charge in [0, 0.05) is 0 Å². The van der Waals surface area contributed by atoms with Crippen LogP contribution in [0.5, 0.6) is 0 Å². The topological polar surface area (TPSA) is 39.7 Å². The highest BCUT2D eigenvalue weighted by molar-refractivity contribution is 4.17. The minimum absolute atomic E-state index is 0.417. The number of nitrogens with two attached hydrogens (primary N) is 1. The molecule has 0 aliphatic carbocycles. The van der Waals surface area contributed by atoms with Crippen LogP contribution in [0.15, 0.2) is 0 Å². The van der Waals surface area contributed by atoms with Gasteiger partial charge in [0.15, 0.2) is 0 Å². The maximum atomic E-state index is 9.53. The summed E-state index contributed by atoms with van der Waals surface area (Å²) in [7, 11) is 0. The molecule has 0 aromatic rings. The van der Waals surface area contributed by atoms with Gasteiger partial charge in [0.2, 0.25) is 0 Å². The van der Waals surface area contributed by atoms with Gasteiger partial charge in [0.25, 0.3) is 0 Å². The lowest BCUT2D eigenvalue weighted by Crippen LogP contribution is -2.82. The van der Waals surface area contributed by atoms with E-state index in [-0.39, 0.29) is 0 Å². The summed E-state index contributed by atoms with van der Waals surface area (Å²) in [5.74, 6) is 0. The Morgan fingerprint density at radius 3 is 1.44 bits per heavy atom. The summed E-state index contributed by atoms with van der Waals surface area (Å²) in [5.41, 5.74) is 0. The van der Waals surface area contributed by atoms with Crippen molar-refractivity contribution in [2.24, 2.45) is 0 Å². The molecular formula is C7H19NO. The normalized spacial score (nSPS) is 8.67. The lowest BCUT2D eigenvalue weighted by molar-refractivity contribution is -0.648. The smallest absolute Gasteiger partial charge is 0.0726 e. The van der Waals surface area contributed by atoms with Crippen LogP contribution >= 0.6 is 0 Å². The van der Waals surface area contributed by atoms with Crippen molar-refractivity contribution in [2.75, 3.05) is 13.1 Å². The van der Waals surface area contributed by atoms with Gasteiger partial charge in [-0.15, -0.1) is 6.10 Å². The Kier molecular flexibility index (Phi) is 14.0. The highest BCUT2D eigenvalue weighted by Crippen LogP contribution is 1.57. The van der Waals surface area contributed by atoms with Crippen molar-refractivity contribution >= 4 is 0 Å². The van der Waals surface area contributed by atoms with Crippen molar-refractivity contribution in [3.8, 4) is 0 Å². The van der Waals surface area contributed by atoms with Gasteiger partial charge in [-0.05, 0) is 13.8 Å². The molecule has 0 fully saturated rings. The molecule has 0 atom stereocenters. The Balaban J connectivity index is 0. The van der Waals surface area contributed by atoms with Crippen LogP contribution in [0, 0.1) is 0 Å². The van der Waals surface area contributed by atoms with Crippen molar-refractivity contribution < 1.29 is 10.4 Å². The van der Waals surface area contributed by atoms with Crippen LogP contribution in [-0.4, -0.2) is 19.2 Å². The Morgan fingerprint density at radius 2 is 1.44 bits per heavy atom. The van der Waals surface area contributed by atoms with Gasteiger partial charge < -0.3 is 10.4 Å². The number of rotatable bonds is 2. The molecule has 58 valence electrons. The number of quaternary nitrogens is 1. The van der Waals surface area contributed by atoms with Crippen molar-refractivity contribution in [3.63, 3.8) is 0 Å². The molecule has 0 bridgehead atoms. The van der Waals surface area contributed by atoms with Crippen LogP contribution in [0.2, 0.25) is 0 Å². The molecule has 0 aliphatic heterocycles. The first-order chi connectivity index (χ1) is 4.15. The molecule has 9 heavy (non-hydrogen) atoms. The number of hydrogen-bond acceptors (Lipinski definition) is 1. The second kappa shape index (κ2) is 10.8. The zero-order chi connectivity index (χ0) is 7.70.